The van der Waals surface area contributed by atoms with E-state index in [0.29, 0.717) is 17.0 Å². The highest BCUT2D eigenvalue weighted by Gasteiger charge is 2.12. The molecule has 4 aromatic rings. The van der Waals surface area contributed by atoms with Crippen LogP contribution in [-0.4, -0.2) is 34.5 Å². The van der Waals surface area contributed by atoms with Crippen LogP contribution in [0.2, 0.25) is 0 Å². The van der Waals surface area contributed by atoms with Crippen LogP contribution in [0.4, 0.5) is 0 Å². The number of nitrogens with zero attached hydrogens (tertiary/aromatic N) is 6. The minimum absolute atomic E-state index is 0.00810. The van der Waals surface area contributed by atoms with Gasteiger partial charge in [0.2, 0.25) is 0 Å². The SMILES string of the molecule is O=c1c2nnc3ncnn3c2ccn1-c1ccccc1O. The smallest absolute Gasteiger partial charge is 0.285 e. The molecule has 1 aromatic carbocycles. The summed E-state index contributed by atoms with van der Waals surface area (Å²) in [5.74, 6) is 0.330. The van der Waals surface area contributed by atoms with Gasteiger partial charge in [-0.1, -0.05) is 12.1 Å². The lowest BCUT2D eigenvalue weighted by atomic mass is 10.2. The fraction of sp³-hybridized carbons (Fsp3) is 0. The Morgan fingerprint density at radius 3 is 2.81 bits per heavy atom. The second kappa shape index (κ2) is 4.10. The number of para-hydroxylation sites is 2. The molecule has 0 saturated heterocycles. The molecule has 0 saturated carbocycles. The third-order valence-electron chi connectivity index (χ3n) is 3.18. The van der Waals surface area contributed by atoms with E-state index in [0.717, 1.165) is 0 Å². The molecule has 0 unspecified atom stereocenters. The van der Waals surface area contributed by atoms with Crippen LogP contribution >= 0.6 is 0 Å². The standard InChI is InChI=1S/C13H8N6O2/c20-10-4-2-1-3-8(10)18-6-5-9-11(12(18)21)16-17-13-14-7-15-19(9)13/h1-7,20H. The molecule has 102 valence electrons. The highest BCUT2D eigenvalue weighted by Crippen LogP contribution is 2.19. The molecule has 0 aliphatic rings. The van der Waals surface area contributed by atoms with Crippen LogP contribution in [0.1, 0.15) is 0 Å². The summed E-state index contributed by atoms with van der Waals surface area (Å²) in [5, 5.41) is 21.6. The van der Waals surface area contributed by atoms with Crippen molar-refractivity contribution in [2.75, 3.05) is 0 Å². The predicted octanol–water partition coefficient (Wildman–Crippen LogP) is 0.529. The molecule has 0 atom stereocenters. The highest BCUT2D eigenvalue weighted by atomic mass is 16.3. The normalized spacial score (nSPS) is 11.2. The zero-order valence-corrected chi connectivity index (χ0v) is 10.6. The minimum atomic E-state index is -0.390. The van der Waals surface area contributed by atoms with E-state index in [-0.39, 0.29) is 16.8 Å². The van der Waals surface area contributed by atoms with Crippen LogP contribution in [0.5, 0.6) is 5.75 Å². The molecule has 1 N–H and O–H groups in total. The lowest BCUT2D eigenvalue weighted by Gasteiger charge is -2.08. The number of fused-ring (bicyclic) bond motifs is 3. The Morgan fingerprint density at radius 2 is 1.95 bits per heavy atom. The van der Waals surface area contributed by atoms with Gasteiger partial charge in [0.05, 0.1) is 5.69 Å². The zero-order valence-electron chi connectivity index (χ0n) is 10.6. The molecule has 0 amide bonds. The van der Waals surface area contributed by atoms with E-state index >= 15 is 0 Å². The first kappa shape index (κ1) is 11.5. The van der Waals surface area contributed by atoms with Gasteiger partial charge in [-0.15, -0.1) is 10.2 Å². The third-order valence-corrected chi connectivity index (χ3v) is 3.18. The number of pyridine rings is 1. The molecule has 8 heteroatoms. The number of aromatic nitrogens is 6. The molecule has 3 aromatic heterocycles. The van der Waals surface area contributed by atoms with Gasteiger partial charge in [0.1, 0.15) is 17.6 Å². The summed E-state index contributed by atoms with van der Waals surface area (Å²) in [6.07, 6.45) is 2.90. The van der Waals surface area contributed by atoms with Crippen molar-refractivity contribution in [3.63, 3.8) is 0 Å². The quantitative estimate of drug-likeness (QED) is 0.546. The van der Waals surface area contributed by atoms with E-state index < -0.39 is 0 Å². The number of benzene rings is 1. The first-order valence-electron chi connectivity index (χ1n) is 6.12. The summed E-state index contributed by atoms with van der Waals surface area (Å²) < 4.78 is 2.76. The number of hydrogen-bond donors (Lipinski definition) is 1. The van der Waals surface area contributed by atoms with Crippen LogP contribution < -0.4 is 5.56 Å². The molecular weight excluding hydrogens is 272 g/mol. The van der Waals surface area contributed by atoms with Crippen LogP contribution in [-0.2, 0) is 0 Å². The molecule has 8 nitrogen and oxygen atoms in total. The van der Waals surface area contributed by atoms with Gasteiger partial charge in [-0.2, -0.15) is 14.6 Å². The Kier molecular flexibility index (Phi) is 2.25. The molecule has 0 bridgehead atoms. The van der Waals surface area contributed by atoms with Crippen LogP contribution in [0.3, 0.4) is 0 Å². The summed E-state index contributed by atoms with van der Waals surface area (Å²) in [6.45, 7) is 0. The van der Waals surface area contributed by atoms with Crippen molar-refractivity contribution in [1.82, 2.24) is 29.4 Å². The Bertz CT molecular complexity index is 1040. The monoisotopic (exact) mass is 280 g/mol. The average Bonchev–Trinajstić information content (AvgIpc) is 2.97. The van der Waals surface area contributed by atoms with E-state index in [9.17, 15) is 9.90 Å². The molecule has 0 radical (unpaired) electrons. The maximum atomic E-state index is 12.5. The van der Waals surface area contributed by atoms with Gasteiger partial charge in [0.15, 0.2) is 5.52 Å². The first-order valence-corrected chi connectivity index (χ1v) is 6.12. The molecule has 4 rings (SSSR count). The molecule has 0 aliphatic heterocycles. The summed E-state index contributed by atoms with van der Waals surface area (Å²) in [5.41, 5.74) is 0.650. The topological polar surface area (TPSA) is 98.2 Å². The van der Waals surface area contributed by atoms with Crippen molar-refractivity contribution >= 4 is 16.8 Å². The summed E-state index contributed by atoms with van der Waals surface area (Å²) in [4.78, 5) is 16.5. The van der Waals surface area contributed by atoms with Crippen molar-refractivity contribution in [3.05, 3.63) is 53.2 Å². The van der Waals surface area contributed by atoms with Gasteiger partial charge in [0.25, 0.3) is 11.3 Å². The number of phenolic OH excluding ortho intramolecular Hbond substituents is 1. The van der Waals surface area contributed by atoms with E-state index in [2.05, 4.69) is 20.3 Å². The molecule has 21 heavy (non-hydrogen) atoms. The molecule has 3 heterocycles. The van der Waals surface area contributed by atoms with Crippen LogP contribution in [0.15, 0.2) is 47.7 Å². The van der Waals surface area contributed by atoms with E-state index in [1.54, 1.807) is 30.5 Å². The van der Waals surface area contributed by atoms with Gasteiger partial charge in [-0.25, -0.2) is 0 Å². The summed E-state index contributed by atoms with van der Waals surface area (Å²) in [7, 11) is 0. The van der Waals surface area contributed by atoms with Crippen LogP contribution in [0.25, 0.3) is 22.5 Å². The van der Waals surface area contributed by atoms with E-state index in [1.165, 1.54) is 21.5 Å². The number of phenols is 1. The first-order chi connectivity index (χ1) is 10.3. The molecule has 0 aliphatic carbocycles. The van der Waals surface area contributed by atoms with E-state index in [4.69, 9.17) is 0 Å². The number of rotatable bonds is 1. The lowest BCUT2D eigenvalue weighted by Crippen LogP contribution is -2.20. The lowest BCUT2D eigenvalue weighted by molar-refractivity contribution is 0.472. The zero-order chi connectivity index (χ0) is 14.4. The Balaban J connectivity index is 2.10. The number of hydrogen-bond acceptors (Lipinski definition) is 6. The highest BCUT2D eigenvalue weighted by molar-refractivity contribution is 5.74. The molecule has 0 spiro atoms. The van der Waals surface area contributed by atoms with Crippen molar-refractivity contribution in [2.45, 2.75) is 0 Å². The fourth-order valence-corrected chi connectivity index (χ4v) is 2.21. The van der Waals surface area contributed by atoms with Crippen molar-refractivity contribution < 1.29 is 5.11 Å². The predicted molar refractivity (Wildman–Crippen MR) is 73.3 cm³/mol. The van der Waals surface area contributed by atoms with Gasteiger partial charge < -0.3 is 5.11 Å². The second-order valence-corrected chi connectivity index (χ2v) is 4.39. The Hall–Kier alpha value is -3.29. The maximum absolute atomic E-state index is 12.5. The fourth-order valence-electron chi connectivity index (χ4n) is 2.21. The summed E-state index contributed by atoms with van der Waals surface area (Å²) in [6, 6.07) is 8.25. The van der Waals surface area contributed by atoms with Gasteiger partial charge in [0, 0.05) is 6.20 Å². The Labute approximate surface area is 116 Å². The second-order valence-electron chi connectivity index (χ2n) is 4.39. The van der Waals surface area contributed by atoms with Gasteiger partial charge in [-0.05, 0) is 18.2 Å². The average molecular weight is 280 g/mol. The van der Waals surface area contributed by atoms with Gasteiger partial charge >= 0.3 is 0 Å². The largest absolute Gasteiger partial charge is 0.506 e. The molecule has 0 fully saturated rings. The number of aromatic hydroxyl groups is 1. The van der Waals surface area contributed by atoms with Crippen molar-refractivity contribution in [2.24, 2.45) is 0 Å². The third kappa shape index (κ3) is 1.59. The van der Waals surface area contributed by atoms with Crippen LogP contribution in [0, 0.1) is 0 Å². The minimum Gasteiger partial charge on any atom is -0.506 e. The molecular formula is C13H8N6O2. The summed E-state index contributed by atoms with van der Waals surface area (Å²) >= 11 is 0. The van der Waals surface area contributed by atoms with E-state index in [1.807, 2.05) is 0 Å². The Morgan fingerprint density at radius 1 is 1.10 bits per heavy atom. The van der Waals surface area contributed by atoms with Crippen molar-refractivity contribution in [1.29, 1.82) is 0 Å². The van der Waals surface area contributed by atoms with Gasteiger partial charge in [-0.3, -0.25) is 9.36 Å². The van der Waals surface area contributed by atoms with Crippen molar-refractivity contribution in [3.8, 4) is 11.4 Å². The maximum Gasteiger partial charge on any atom is 0.285 e.